The first-order valence-electron chi connectivity index (χ1n) is 6.11. The molecule has 6 heteroatoms. The van der Waals surface area contributed by atoms with Crippen LogP contribution in [0.2, 0.25) is 10.0 Å². The molecule has 0 aliphatic heterocycles. The van der Waals surface area contributed by atoms with Crippen molar-refractivity contribution in [3.05, 3.63) is 63.9 Å². The second-order valence-electron chi connectivity index (χ2n) is 4.51. The van der Waals surface area contributed by atoms with E-state index in [1.54, 1.807) is 35.2 Å². The minimum atomic E-state index is -0.988. The first-order chi connectivity index (χ1) is 9.94. The Labute approximate surface area is 131 Å². The standard InChI is InChI=1S/C15H12Cl2FNO2/c16-11-2-1-3-14(7-11)19(9-15(20)21)8-10-4-12(17)6-13(18)5-10/h1-7H,8-9H2,(H,20,21). The summed E-state index contributed by atoms with van der Waals surface area (Å²) in [5.74, 6) is -1.45. The predicted molar refractivity (Wildman–Crippen MR) is 81.5 cm³/mol. The topological polar surface area (TPSA) is 40.5 Å². The summed E-state index contributed by atoms with van der Waals surface area (Å²) in [6.07, 6.45) is 0. The third-order valence-corrected chi connectivity index (χ3v) is 3.25. The van der Waals surface area contributed by atoms with Gasteiger partial charge in [-0.1, -0.05) is 29.3 Å². The van der Waals surface area contributed by atoms with Crippen molar-refractivity contribution < 1.29 is 14.3 Å². The number of halogens is 3. The Hall–Kier alpha value is -1.78. The fourth-order valence-electron chi connectivity index (χ4n) is 2.00. The summed E-state index contributed by atoms with van der Waals surface area (Å²) in [6.45, 7) is -0.0153. The summed E-state index contributed by atoms with van der Waals surface area (Å²) in [7, 11) is 0. The average molecular weight is 328 g/mol. The minimum absolute atomic E-state index is 0.212. The molecule has 0 amide bonds. The lowest BCUT2D eigenvalue weighted by molar-refractivity contribution is -0.135. The molecule has 0 aliphatic carbocycles. The van der Waals surface area contributed by atoms with E-state index in [9.17, 15) is 9.18 Å². The molecule has 0 atom stereocenters. The Morgan fingerprint density at radius 2 is 1.90 bits per heavy atom. The summed E-state index contributed by atoms with van der Waals surface area (Å²) in [5.41, 5.74) is 1.23. The summed E-state index contributed by atoms with van der Waals surface area (Å²) < 4.78 is 13.4. The lowest BCUT2D eigenvalue weighted by Gasteiger charge is -2.23. The zero-order chi connectivity index (χ0) is 15.4. The van der Waals surface area contributed by atoms with E-state index in [0.29, 0.717) is 16.3 Å². The van der Waals surface area contributed by atoms with E-state index in [1.165, 1.54) is 12.1 Å². The number of nitrogens with zero attached hydrogens (tertiary/aromatic N) is 1. The van der Waals surface area contributed by atoms with E-state index in [2.05, 4.69) is 0 Å². The normalized spacial score (nSPS) is 10.4. The van der Waals surface area contributed by atoms with E-state index in [4.69, 9.17) is 28.3 Å². The van der Waals surface area contributed by atoms with Gasteiger partial charge in [-0.3, -0.25) is 4.79 Å². The van der Waals surface area contributed by atoms with Crippen LogP contribution in [-0.2, 0) is 11.3 Å². The third kappa shape index (κ3) is 4.62. The highest BCUT2D eigenvalue weighted by Gasteiger charge is 2.13. The molecule has 3 nitrogen and oxygen atoms in total. The monoisotopic (exact) mass is 327 g/mol. The van der Waals surface area contributed by atoms with Gasteiger partial charge in [-0.2, -0.15) is 0 Å². The molecule has 2 rings (SSSR count). The Morgan fingerprint density at radius 3 is 2.52 bits per heavy atom. The smallest absolute Gasteiger partial charge is 0.323 e. The quantitative estimate of drug-likeness (QED) is 0.893. The minimum Gasteiger partial charge on any atom is -0.480 e. The maximum atomic E-state index is 13.4. The Balaban J connectivity index is 2.30. The van der Waals surface area contributed by atoms with Gasteiger partial charge in [0.2, 0.25) is 0 Å². The number of carbonyl (C=O) groups is 1. The van der Waals surface area contributed by atoms with Crippen LogP contribution < -0.4 is 4.90 Å². The Bertz CT molecular complexity index is 644. The van der Waals surface area contributed by atoms with E-state index in [0.717, 1.165) is 0 Å². The molecule has 0 spiro atoms. The van der Waals surface area contributed by atoms with Crippen LogP contribution in [0.5, 0.6) is 0 Å². The summed E-state index contributed by atoms with van der Waals surface area (Å²) >= 11 is 11.7. The van der Waals surface area contributed by atoms with Crippen LogP contribution in [0, 0.1) is 5.82 Å². The maximum Gasteiger partial charge on any atom is 0.323 e. The number of rotatable bonds is 5. The zero-order valence-electron chi connectivity index (χ0n) is 10.9. The number of aliphatic carboxylic acids is 1. The van der Waals surface area contributed by atoms with E-state index < -0.39 is 11.8 Å². The van der Waals surface area contributed by atoms with Crippen LogP contribution >= 0.6 is 23.2 Å². The first kappa shape index (κ1) is 15.6. The number of carboxylic acids is 1. The van der Waals surface area contributed by atoms with Crippen molar-refractivity contribution in [3.8, 4) is 0 Å². The molecule has 0 fully saturated rings. The van der Waals surface area contributed by atoms with Crippen LogP contribution in [0.4, 0.5) is 10.1 Å². The maximum absolute atomic E-state index is 13.4. The van der Waals surface area contributed by atoms with Gasteiger partial charge in [0.1, 0.15) is 12.4 Å². The second-order valence-corrected chi connectivity index (χ2v) is 5.38. The molecule has 110 valence electrons. The number of hydrogen-bond donors (Lipinski definition) is 1. The highest BCUT2D eigenvalue weighted by Crippen LogP contribution is 2.23. The van der Waals surface area contributed by atoms with Crippen LogP contribution in [-0.4, -0.2) is 17.6 Å². The van der Waals surface area contributed by atoms with Gasteiger partial charge in [0.25, 0.3) is 0 Å². The number of benzene rings is 2. The molecule has 0 unspecified atom stereocenters. The molecule has 0 heterocycles. The molecular weight excluding hydrogens is 316 g/mol. The molecule has 2 aromatic carbocycles. The average Bonchev–Trinajstić information content (AvgIpc) is 2.36. The third-order valence-electron chi connectivity index (χ3n) is 2.80. The van der Waals surface area contributed by atoms with Crippen LogP contribution in [0.25, 0.3) is 0 Å². The van der Waals surface area contributed by atoms with Gasteiger partial charge >= 0.3 is 5.97 Å². The van der Waals surface area contributed by atoms with Crippen molar-refractivity contribution in [1.82, 2.24) is 0 Å². The molecule has 0 saturated carbocycles. The Morgan fingerprint density at radius 1 is 1.14 bits per heavy atom. The van der Waals surface area contributed by atoms with Crippen molar-refractivity contribution in [1.29, 1.82) is 0 Å². The van der Waals surface area contributed by atoms with Crippen molar-refractivity contribution >= 4 is 34.9 Å². The summed E-state index contributed by atoms with van der Waals surface area (Å²) in [4.78, 5) is 12.6. The Kier molecular flexibility index (Phi) is 5.04. The second kappa shape index (κ2) is 6.78. The summed E-state index contributed by atoms with van der Waals surface area (Å²) in [6, 6.07) is 11.0. The van der Waals surface area contributed by atoms with Gasteiger partial charge in [0.05, 0.1) is 0 Å². The molecule has 1 N–H and O–H groups in total. The molecule has 0 saturated heterocycles. The summed E-state index contributed by atoms with van der Waals surface area (Å²) in [5, 5.41) is 9.80. The molecule has 0 aromatic heterocycles. The molecule has 0 radical (unpaired) electrons. The lowest BCUT2D eigenvalue weighted by Crippen LogP contribution is -2.29. The number of carboxylic acid groups (broad SMARTS) is 1. The van der Waals surface area contributed by atoms with Gasteiger partial charge in [-0.05, 0) is 42.0 Å². The number of anilines is 1. The zero-order valence-corrected chi connectivity index (χ0v) is 12.4. The highest BCUT2D eigenvalue weighted by atomic mass is 35.5. The van der Waals surface area contributed by atoms with Crippen LogP contribution in [0.1, 0.15) is 5.56 Å². The van der Waals surface area contributed by atoms with Gasteiger partial charge in [-0.15, -0.1) is 0 Å². The fraction of sp³-hybridized carbons (Fsp3) is 0.133. The van der Waals surface area contributed by atoms with E-state index in [1.807, 2.05) is 0 Å². The van der Waals surface area contributed by atoms with Crippen molar-refractivity contribution in [3.63, 3.8) is 0 Å². The molecule has 0 bridgehead atoms. The van der Waals surface area contributed by atoms with E-state index in [-0.39, 0.29) is 18.1 Å². The van der Waals surface area contributed by atoms with Gasteiger partial charge in [0.15, 0.2) is 0 Å². The largest absolute Gasteiger partial charge is 0.480 e. The highest BCUT2D eigenvalue weighted by molar-refractivity contribution is 6.31. The number of hydrogen-bond acceptors (Lipinski definition) is 2. The van der Waals surface area contributed by atoms with E-state index >= 15 is 0 Å². The fourth-order valence-corrected chi connectivity index (χ4v) is 2.43. The lowest BCUT2D eigenvalue weighted by atomic mass is 10.2. The SMILES string of the molecule is O=C(O)CN(Cc1cc(F)cc(Cl)c1)c1cccc(Cl)c1. The van der Waals surface area contributed by atoms with Crippen LogP contribution in [0.3, 0.4) is 0 Å². The molecular formula is C15H12Cl2FNO2. The van der Waals surface area contributed by atoms with Gasteiger partial charge < -0.3 is 10.0 Å². The molecule has 0 aliphatic rings. The molecule has 2 aromatic rings. The van der Waals surface area contributed by atoms with Crippen molar-refractivity contribution in [2.45, 2.75) is 6.54 Å². The van der Waals surface area contributed by atoms with Crippen molar-refractivity contribution in [2.24, 2.45) is 0 Å². The van der Waals surface area contributed by atoms with Crippen LogP contribution in [0.15, 0.2) is 42.5 Å². The predicted octanol–water partition coefficient (Wildman–Crippen LogP) is 4.22. The van der Waals surface area contributed by atoms with Crippen molar-refractivity contribution in [2.75, 3.05) is 11.4 Å². The first-order valence-corrected chi connectivity index (χ1v) is 6.87. The van der Waals surface area contributed by atoms with Gasteiger partial charge in [-0.25, -0.2) is 4.39 Å². The molecule has 21 heavy (non-hydrogen) atoms. The van der Waals surface area contributed by atoms with Gasteiger partial charge in [0, 0.05) is 22.3 Å².